The molecular formula is C8H7N3O4S. The Morgan fingerprint density at radius 1 is 1.50 bits per heavy atom. The van der Waals surface area contributed by atoms with Gasteiger partial charge in [-0.1, -0.05) is 0 Å². The molecule has 0 aromatic carbocycles. The van der Waals surface area contributed by atoms with Gasteiger partial charge in [0.2, 0.25) is 0 Å². The van der Waals surface area contributed by atoms with E-state index in [9.17, 15) is 13.2 Å². The van der Waals surface area contributed by atoms with Crippen LogP contribution in [0.5, 0.6) is 0 Å². The van der Waals surface area contributed by atoms with Crippen LogP contribution in [0.25, 0.3) is 5.65 Å². The largest absolute Gasteiger partial charge is 0.476 e. The Bertz CT molecular complexity index is 674. The summed E-state index contributed by atoms with van der Waals surface area (Å²) in [5.41, 5.74) is 0.0697. The molecule has 1 N–H and O–H groups in total. The number of rotatable bonds is 2. The van der Waals surface area contributed by atoms with Gasteiger partial charge in [-0.15, -0.1) is 0 Å². The molecule has 84 valence electrons. The van der Waals surface area contributed by atoms with Crippen LogP contribution in [0.3, 0.4) is 0 Å². The van der Waals surface area contributed by atoms with Gasteiger partial charge in [-0.3, -0.25) is 4.40 Å². The smallest absolute Gasteiger partial charge is 0.356 e. The minimum absolute atomic E-state index is 0.137. The van der Waals surface area contributed by atoms with Crippen molar-refractivity contribution in [3.8, 4) is 0 Å². The number of fused-ring (bicyclic) bond motifs is 1. The van der Waals surface area contributed by atoms with Crippen molar-refractivity contribution in [2.24, 2.45) is 0 Å². The zero-order valence-electron chi connectivity index (χ0n) is 8.15. The number of carbonyl (C=O) groups is 1. The summed E-state index contributed by atoms with van der Waals surface area (Å²) < 4.78 is 23.7. The molecule has 7 nitrogen and oxygen atoms in total. The van der Waals surface area contributed by atoms with Crippen LogP contribution in [0.1, 0.15) is 10.5 Å². The van der Waals surface area contributed by atoms with E-state index < -0.39 is 15.8 Å². The standard InChI is InChI=1S/C8H7N3O4S/c1-16(14,15)7-2-6-10-5(8(12)13)3-11(6)4-9-7/h2-4H,1H3,(H,12,13). The molecule has 2 heterocycles. The molecule has 0 unspecified atom stereocenters. The van der Waals surface area contributed by atoms with Crippen molar-refractivity contribution in [2.45, 2.75) is 5.03 Å². The quantitative estimate of drug-likeness (QED) is 0.732. The normalized spacial score (nSPS) is 11.8. The van der Waals surface area contributed by atoms with Crippen LogP contribution in [0, 0.1) is 0 Å². The molecule has 0 amide bonds. The van der Waals surface area contributed by atoms with Gasteiger partial charge in [0, 0.05) is 18.5 Å². The van der Waals surface area contributed by atoms with Crippen LogP contribution in [0.2, 0.25) is 0 Å². The summed E-state index contributed by atoms with van der Waals surface area (Å²) >= 11 is 0. The van der Waals surface area contributed by atoms with E-state index in [-0.39, 0.29) is 16.4 Å². The van der Waals surface area contributed by atoms with Gasteiger partial charge in [0.1, 0.15) is 12.0 Å². The molecule has 2 rings (SSSR count). The summed E-state index contributed by atoms with van der Waals surface area (Å²) in [5.74, 6) is -1.18. The molecule has 0 saturated heterocycles. The third-order valence-electron chi connectivity index (χ3n) is 1.92. The SMILES string of the molecule is CS(=O)(=O)c1cc2nc(C(=O)O)cn2cn1. The first-order chi connectivity index (χ1) is 7.38. The number of hydrogen-bond acceptors (Lipinski definition) is 5. The third kappa shape index (κ3) is 1.74. The summed E-state index contributed by atoms with van der Waals surface area (Å²) in [4.78, 5) is 18.1. The second-order valence-electron chi connectivity index (χ2n) is 3.20. The predicted octanol–water partition coefficient (Wildman–Crippen LogP) is -0.169. The number of aromatic nitrogens is 3. The highest BCUT2D eigenvalue weighted by molar-refractivity contribution is 7.90. The van der Waals surface area contributed by atoms with Gasteiger partial charge in [-0.25, -0.2) is 23.2 Å². The Morgan fingerprint density at radius 2 is 2.19 bits per heavy atom. The van der Waals surface area contributed by atoms with E-state index in [2.05, 4.69) is 9.97 Å². The van der Waals surface area contributed by atoms with Crippen molar-refractivity contribution in [3.63, 3.8) is 0 Å². The van der Waals surface area contributed by atoms with Gasteiger partial charge < -0.3 is 5.11 Å². The fraction of sp³-hybridized carbons (Fsp3) is 0.125. The van der Waals surface area contributed by atoms with Gasteiger partial charge in [0.15, 0.2) is 20.6 Å². The minimum atomic E-state index is -3.42. The van der Waals surface area contributed by atoms with Gasteiger partial charge in [0.25, 0.3) is 0 Å². The summed E-state index contributed by atoms with van der Waals surface area (Å²) in [5, 5.41) is 8.56. The summed E-state index contributed by atoms with van der Waals surface area (Å²) in [7, 11) is -3.42. The first-order valence-electron chi connectivity index (χ1n) is 4.16. The topological polar surface area (TPSA) is 102 Å². The molecule has 0 aliphatic rings. The average molecular weight is 241 g/mol. The van der Waals surface area contributed by atoms with Crippen LogP contribution in [0.15, 0.2) is 23.6 Å². The van der Waals surface area contributed by atoms with Crippen molar-refractivity contribution in [1.82, 2.24) is 14.4 Å². The molecule has 0 fully saturated rings. The molecule has 8 heteroatoms. The molecule has 0 spiro atoms. The number of sulfone groups is 1. The zero-order valence-corrected chi connectivity index (χ0v) is 8.97. The maximum absolute atomic E-state index is 11.2. The molecule has 2 aromatic rings. The molecule has 2 aromatic heterocycles. The highest BCUT2D eigenvalue weighted by Crippen LogP contribution is 2.09. The van der Waals surface area contributed by atoms with E-state index in [0.717, 1.165) is 6.26 Å². The number of carboxylic acids is 1. The van der Waals surface area contributed by atoms with E-state index in [4.69, 9.17) is 5.11 Å². The molecule has 0 bridgehead atoms. The Kier molecular flexibility index (Phi) is 2.16. The maximum Gasteiger partial charge on any atom is 0.356 e. The number of hydrogen-bond donors (Lipinski definition) is 1. The number of nitrogens with zero attached hydrogens (tertiary/aromatic N) is 3. The van der Waals surface area contributed by atoms with Crippen molar-refractivity contribution < 1.29 is 18.3 Å². The molecule has 0 atom stereocenters. The highest BCUT2D eigenvalue weighted by Gasteiger charge is 2.13. The van der Waals surface area contributed by atoms with Gasteiger partial charge in [0.05, 0.1) is 0 Å². The van der Waals surface area contributed by atoms with Gasteiger partial charge in [-0.2, -0.15) is 0 Å². The summed E-state index contributed by atoms with van der Waals surface area (Å²) in [6.45, 7) is 0. The lowest BCUT2D eigenvalue weighted by atomic mass is 10.5. The summed E-state index contributed by atoms with van der Waals surface area (Å²) in [6, 6.07) is 1.22. The Morgan fingerprint density at radius 3 is 2.75 bits per heavy atom. The van der Waals surface area contributed by atoms with E-state index in [1.54, 1.807) is 0 Å². The lowest BCUT2D eigenvalue weighted by Crippen LogP contribution is -2.01. The van der Waals surface area contributed by atoms with Crippen LogP contribution < -0.4 is 0 Å². The molecule has 16 heavy (non-hydrogen) atoms. The van der Waals surface area contributed by atoms with E-state index in [1.807, 2.05) is 0 Å². The second kappa shape index (κ2) is 3.27. The number of imidazole rings is 1. The zero-order chi connectivity index (χ0) is 11.9. The Hall–Kier alpha value is -1.96. The van der Waals surface area contributed by atoms with Crippen LogP contribution >= 0.6 is 0 Å². The van der Waals surface area contributed by atoms with Gasteiger partial charge >= 0.3 is 5.97 Å². The first-order valence-corrected chi connectivity index (χ1v) is 6.05. The molecule has 0 saturated carbocycles. The van der Waals surface area contributed by atoms with Crippen molar-refractivity contribution in [2.75, 3.05) is 6.26 Å². The van der Waals surface area contributed by atoms with Crippen LogP contribution in [0.4, 0.5) is 0 Å². The number of aromatic carboxylic acids is 1. The maximum atomic E-state index is 11.2. The fourth-order valence-electron chi connectivity index (χ4n) is 1.18. The molecule has 0 aliphatic heterocycles. The second-order valence-corrected chi connectivity index (χ2v) is 5.16. The van der Waals surface area contributed by atoms with Crippen molar-refractivity contribution >= 4 is 21.5 Å². The lowest BCUT2D eigenvalue weighted by molar-refractivity contribution is 0.0691. The average Bonchev–Trinajstić information content (AvgIpc) is 2.58. The monoisotopic (exact) mass is 241 g/mol. The van der Waals surface area contributed by atoms with E-state index in [0.29, 0.717) is 0 Å². The first kappa shape index (κ1) is 10.6. The van der Waals surface area contributed by atoms with Crippen LogP contribution in [-0.2, 0) is 9.84 Å². The highest BCUT2D eigenvalue weighted by atomic mass is 32.2. The third-order valence-corrected chi connectivity index (χ3v) is 2.90. The minimum Gasteiger partial charge on any atom is -0.476 e. The van der Waals surface area contributed by atoms with E-state index >= 15 is 0 Å². The fourth-order valence-corrected chi connectivity index (χ4v) is 1.74. The molecule has 0 aliphatic carbocycles. The Labute approximate surface area is 90.3 Å². The van der Waals surface area contributed by atoms with Crippen molar-refractivity contribution in [1.29, 1.82) is 0 Å². The van der Waals surface area contributed by atoms with Gasteiger partial charge in [-0.05, 0) is 0 Å². The summed E-state index contributed by atoms with van der Waals surface area (Å²) in [6.07, 6.45) is 3.49. The van der Waals surface area contributed by atoms with E-state index in [1.165, 1.54) is 23.0 Å². The van der Waals surface area contributed by atoms with Crippen LogP contribution in [-0.4, -0.2) is 40.1 Å². The lowest BCUT2D eigenvalue weighted by Gasteiger charge is -1.96. The molecule has 0 radical (unpaired) electrons. The Balaban J connectivity index is 2.67. The molecular weight excluding hydrogens is 234 g/mol. The van der Waals surface area contributed by atoms with Crippen molar-refractivity contribution in [3.05, 3.63) is 24.3 Å². The number of carboxylic acid groups (broad SMARTS) is 1. The predicted molar refractivity (Wildman–Crippen MR) is 53.1 cm³/mol.